The van der Waals surface area contributed by atoms with Crippen molar-refractivity contribution in [3.8, 4) is 0 Å². The van der Waals surface area contributed by atoms with Crippen LogP contribution in [0.15, 0.2) is 0 Å². The van der Waals surface area contributed by atoms with Crippen molar-refractivity contribution in [2.45, 2.75) is 60.4 Å². The highest BCUT2D eigenvalue weighted by atomic mass is 16.2. The normalized spacial score (nSPS) is 21.4. The third kappa shape index (κ3) is 4.14. The molecule has 2 rings (SSSR count). The largest absolute Gasteiger partial charge is 0.342 e. The van der Waals surface area contributed by atoms with Crippen LogP contribution in [0.1, 0.15) is 50.6 Å². The molecule has 1 amide bonds. The second-order valence-corrected chi connectivity index (χ2v) is 7.81. The Hall–Kier alpha value is -1.36. The van der Waals surface area contributed by atoms with Crippen LogP contribution >= 0.6 is 0 Å². The Morgan fingerprint density at radius 3 is 2.65 bits per heavy atom. The number of aryl methyl sites for hydroxylation is 1. The molecular weight excluding hydrogens is 288 g/mol. The molecule has 5 nitrogen and oxygen atoms in total. The monoisotopic (exact) mass is 320 g/mol. The van der Waals surface area contributed by atoms with Crippen molar-refractivity contribution in [3.05, 3.63) is 17.0 Å². The Balaban J connectivity index is 1.96. The maximum Gasteiger partial charge on any atom is 0.222 e. The van der Waals surface area contributed by atoms with E-state index in [0.29, 0.717) is 18.9 Å². The summed E-state index contributed by atoms with van der Waals surface area (Å²) in [7, 11) is 0. The molecular formula is C18H32N4O. The van der Waals surface area contributed by atoms with Gasteiger partial charge in [-0.05, 0) is 50.1 Å². The van der Waals surface area contributed by atoms with E-state index in [1.807, 2.05) is 11.8 Å². The second kappa shape index (κ2) is 7.04. The van der Waals surface area contributed by atoms with E-state index >= 15 is 0 Å². The van der Waals surface area contributed by atoms with Crippen LogP contribution < -0.4 is 5.73 Å². The topological polar surface area (TPSA) is 64.2 Å². The van der Waals surface area contributed by atoms with Crippen LogP contribution in [-0.2, 0) is 17.8 Å². The number of carbonyl (C=O) groups is 1. The molecule has 1 aromatic heterocycles. The van der Waals surface area contributed by atoms with Gasteiger partial charge in [0.2, 0.25) is 5.91 Å². The first-order valence-electron chi connectivity index (χ1n) is 8.76. The summed E-state index contributed by atoms with van der Waals surface area (Å²) in [5.41, 5.74) is 9.43. The molecule has 2 heterocycles. The van der Waals surface area contributed by atoms with Crippen LogP contribution in [0.4, 0.5) is 0 Å². The van der Waals surface area contributed by atoms with Crippen LogP contribution in [-0.4, -0.2) is 40.2 Å². The molecule has 130 valence electrons. The summed E-state index contributed by atoms with van der Waals surface area (Å²) in [6, 6.07) is 0. The number of nitrogens with two attached hydrogens (primary N) is 1. The van der Waals surface area contributed by atoms with Crippen molar-refractivity contribution < 1.29 is 4.79 Å². The van der Waals surface area contributed by atoms with Gasteiger partial charge in [0.25, 0.3) is 0 Å². The number of carbonyl (C=O) groups excluding carboxylic acids is 1. The molecule has 1 fully saturated rings. The molecule has 1 aromatic rings. The van der Waals surface area contributed by atoms with Gasteiger partial charge in [-0.2, -0.15) is 5.10 Å². The number of rotatable bonds is 6. The zero-order valence-corrected chi connectivity index (χ0v) is 15.4. The van der Waals surface area contributed by atoms with Crippen molar-refractivity contribution in [2.24, 2.45) is 17.1 Å². The lowest BCUT2D eigenvalue weighted by Gasteiger charge is -2.22. The van der Waals surface area contributed by atoms with E-state index in [4.69, 9.17) is 5.73 Å². The van der Waals surface area contributed by atoms with E-state index in [9.17, 15) is 4.79 Å². The Bertz CT molecular complexity index is 564. The maximum absolute atomic E-state index is 12.5. The van der Waals surface area contributed by atoms with Gasteiger partial charge >= 0.3 is 0 Å². The van der Waals surface area contributed by atoms with Crippen LogP contribution in [0, 0.1) is 25.2 Å². The van der Waals surface area contributed by atoms with Crippen molar-refractivity contribution in [1.82, 2.24) is 14.7 Å². The van der Waals surface area contributed by atoms with Gasteiger partial charge in [0.15, 0.2) is 0 Å². The van der Waals surface area contributed by atoms with Gasteiger partial charge < -0.3 is 10.6 Å². The average Bonchev–Trinajstić information content (AvgIpc) is 2.99. The molecule has 1 unspecified atom stereocenters. The van der Waals surface area contributed by atoms with Crippen LogP contribution in [0.2, 0.25) is 0 Å². The van der Waals surface area contributed by atoms with E-state index < -0.39 is 0 Å². The molecule has 0 spiro atoms. The lowest BCUT2D eigenvalue weighted by molar-refractivity contribution is -0.130. The molecule has 2 N–H and O–H groups in total. The predicted octanol–water partition coefficient (Wildman–Crippen LogP) is 2.29. The lowest BCUT2D eigenvalue weighted by Crippen LogP contribution is -2.34. The molecule has 1 aliphatic heterocycles. The SMILES string of the molecule is Cc1nn(CC(C)C)c(C)c1CCC(=O)N1CCC(C)(CN)C1. The summed E-state index contributed by atoms with van der Waals surface area (Å²) in [6.07, 6.45) is 2.36. The standard InChI is InChI=1S/C18H32N4O/c1-13(2)10-22-15(4)16(14(3)20-22)6-7-17(23)21-9-8-18(5,11-19)12-21/h13H,6-12,19H2,1-5H3. The highest BCUT2D eigenvalue weighted by Crippen LogP contribution is 2.29. The molecule has 5 heteroatoms. The number of aromatic nitrogens is 2. The summed E-state index contributed by atoms with van der Waals surface area (Å²) in [4.78, 5) is 14.5. The minimum absolute atomic E-state index is 0.101. The lowest BCUT2D eigenvalue weighted by atomic mass is 9.90. The number of hydrogen-bond acceptors (Lipinski definition) is 3. The predicted molar refractivity (Wildman–Crippen MR) is 93.2 cm³/mol. The first kappa shape index (κ1) is 18.0. The second-order valence-electron chi connectivity index (χ2n) is 7.81. The van der Waals surface area contributed by atoms with Crippen LogP contribution in [0.3, 0.4) is 0 Å². The molecule has 0 aliphatic carbocycles. The van der Waals surface area contributed by atoms with Gasteiger partial charge in [-0.15, -0.1) is 0 Å². The third-order valence-electron chi connectivity index (χ3n) is 5.06. The maximum atomic E-state index is 12.5. The van der Waals surface area contributed by atoms with E-state index in [-0.39, 0.29) is 11.3 Å². The fourth-order valence-corrected chi connectivity index (χ4v) is 3.41. The van der Waals surface area contributed by atoms with Gasteiger partial charge in [-0.3, -0.25) is 9.48 Å². The van der Waals surface area contributed by atoms with Gasteiger partial charge in [-0.1, -0.05) is 20.8 Å². The number of hydrogen-bond donors (Lipinski definition) is 1. The minimum atomic E-state index is 0.101. The van der Waals surface area contributed by atoms with Gasteiger partial charge in [-0.25, -0.2) is 0 Å². The van der Waals surface area contributed by atoms with Crippen molar-refractivity contribution in [1.29, 1.82) is 0 Å². The van der Waals surface area contributed by atoms with Crippen LogP contribution in [0.5, 0.6) is 0 Å². The zero-order chi connectivity index (χ0) is 17.2. The molecule has 0 bridgehead atoms. The molecule has 0 radical (unpaired) electrons. The molecule has 1 aliphatic rings. The fourth-order valence-electron chi connectivity index (χ4n) is 3.41. The summed E-state index contributed by atoms with van der Waals surface area (Å²) < 4.78 is 2.08. The Morgan fingerprint density at radius 2 is 2.09 bits per heavy atom. The summed E-state index contributed by atoms with van der Waals surface area (Å²) in [5.74, 6) is 0.818. The van der Waals surface area contributed by atoms with E-state index in [0.717, 1.165) is 38.2 Å². The summed E-state index contributed by atoms with van der Waals surface area (Å²) in [6.45, 7) is 13.9. The first-order chi connectivity index (χ1) is 10.8. The van der Waals surface area contributed by atoms with Gasteiger partial charge in [0.1, 0.15) is 0 Å². The Labute approximate surface area is 140 Å². The molecule has 1 atom stereocenters. The zero-order valence-electron chi connectivity index (χ0n) is 15.4. The Morgan fingerprint density at radius 1 is 1.39 bits per heavy atom. The average molecular weight is 320 g/mol. The van der Waals surface area contributed by atoms with E-state index in [1.54, 1.807) is 0 Å². The molecule has 0 aromatic carbocycles. The molecule has 0 saturated carbocycles. The van der Waals surface area contributed by atoms with Crippen molar-refractivity contribution >= 4 is 5.91 Å². The van der Waals surface area contributed by atoms with Gasteiger partial charge in [0, 0.05) is 31.7 Å². The minimum Gasteiger partial charge on any atom is -0.342 e. The van der Waals surface area contributed by atoms with Crippen molar-refractivity contribution in [2.75, 3.05) is 19.6 Å². The first-order valence-corrected chi connectivity index (χ1v) is 8.76. The quantitative estimate of drug-likeness (QED) is 0.874. The summed E-state index contributed by atoms with van der Waals surface area (Å²) >= 11 is 0. The summed E-state index contributed by atoms with van der Waals surface area (Å²) in [5, 5.41) is 4.64. The Kier molecular flexibility index (Phi) is 5.50. The molecule has 1 saturated heterocycles. The van der Waals surface area contributed by atoms with Gasteiger partial charge in [0.05, 0.1) is 5.69 Å². The fraction of sp³-hybridized carbons (Fsp3) is 0.778. The number of nitrogens with zero attached hydrogens (tertiary/aromatic N) is 3. The smallest absolute Gasteiger partial charge is 0.222 e. The third-order valence-corrected chi connectivity index (χ3v) is 5.06. The molecule has 23 heavy (non-hydrogen) atoms. The highest BCUT2D eigenvalue weighted by Gasteiger charge is 2.34. The van der Waals surface area contributed by atoms with E-state index in [1.165, 1.54) is 11.3 Å². The number of amides is 1. The van der Waals surface area contributed by atoms with Crippen molar-refractivity contribution in [3.63, 3.8) is 0 Å². The number of likely N-dealkylation sites (tertiary alicyclic amines) is 1. The van der Waals surface area contributed by atoms with Crippen LogP contribution in [0.25, 0.3) is 0 Å². The van der Waals surface area contributed by atoms with E-state index in [2.05, 4.69) is 37.5 Å². The highest BCUT2D eigenvalue weighted by molar-refractivity contribution is 5.77.